The van der Waals surface area contributed by atoms with Crippen LogP contribution in [-0.2, 0) is 13.5 Å². The van der Waals surface area contributed by atoms with E-state index in [4.69, 9.17) is 0 Å². The van der Waals surface area contributed by atoms with Gasteiger partial charge in [0.05, 0.1) is 12.1 Å². The summed E-state index contributed by atoms with van der Waals surface area (Å²) in [6.07, 6.45) is 5.32. The SMILES string of the molecule is Cn1nc2cc(N3CCCc4cc(C(=O)N5CCC[C@@H](F)C5)cnc43)ccn2c1=O. The minimum absolute atomic E-state index is 0.154. The molecule has 0 aromatic carbocycles. The van der Waals surface area contributed by atoms with Crippen molar-refractivity contribution in [1.82, 2.24) is 24.1 Å². The van der Waals surface area contributed by atoms with Gasteiger partial charge in [0.2, 0.25) is 0 Å². The lowest BCUT2D eigenvalue weighted by Crippen LogP contribution is -2.40. The maximum Gasteiger partial charge on any atom is 0.350 e. The highest BCUT2D eigenvalue weighted by Crippen LogP contribution is 2.32. The number of hydrogen-bond acceptors (Lipinski definition) is 5. The predicted molar refractivity (Wildman–Crippen MR) is 110 cm³/mol. The molecule has 30 heavy (non-hydrogen) atoms. The molecule has 0 radical (unpaired) electrons. The molecule has 156 valence electrons. The van der Waals surface area contributed by atoms with Gasteiger partial charge in [-0.25, -0.2) is 18.9 Å². The van der Waals surface area contributed by atoms with Crippen LogP contribution in [0.4, 0.5) is 15.9 Å². The van der Waals surface area contributed by atoms with Crippen LogP contribution in [-0.4, -0.2) is 55.8 Å². The fraction of sp³-hybridized carbons (Fsp3) is 0.429. The van der Waals surface area contributed by atoms with Crippen molar-refractivity contribution in [3.63, 3.8) is 0 Å². The van der Waals surface area contributed by atoms with E-state index in [0.717, 1.165) is 36.5 Å². The van der Waals surface area contributed by atoms with E-state index in [-0.39, 0.29) is 18.1 Å². The number of nitrogens with zero attached hydrogens (tertiary/aromatic N) is 6. The fourth-order valence-corrected chi connectivity index (χ4v) is 4.36. The third kappa shape index (κ3) is 3.14. The van der Waals surface area contributed by atoms with E-state index in [9.17, 15) is 14.0 Å². The zero-order valence-corrected chi connectivity index (χ0v) is 16.8. The molecule has 0 spiro atoms. The van der Waals surface area contributed by atoms with Gasteiger partial charge in [0.25, 0.3) is 5.91 Å². The van der Waals surface area contributed by atoms with Gasteiger partial charge in [-0.2, -0.15) is 5.10 Å². The Kier molecular flexibility index (Phi) is 4.52. The van der Waals surface area contributed by atoms with Gasteiger partial charge in [0.15, 0.2) is 5.65 Å². The van der Waals surface area contributed by atoms with E-state index in [0.29, 0.717) is 30.6 Å². The fourth-order valence-electron chi connectivity index (χ4n) is 4.36. The van der Waals surface area contributed by atoms with Crippen LogP contribution in [0.25, 0.3) is 5.65 Å². The molecule has 0 unspecified atom stereocenters. The highest BCUT2D eigenvalue weighted by Gasteiger charge is 2.27. The molecule has 0 aliphatic carbocycles. The van der Waals surface area contributed by atoms with Crippen LogP contribution in [0, 0.1) is 0 Å². The molecule has 1 fully saturated rings. The van der Waals surface area contributed by atoms with Gasteiger partial charge < -0.3 is 9.80 Å². The number of amides is 1. The van der Waals surface area contributed by atoms with E-state index in [1.807, 2.05) is 18.2 Å². The highest BCUT2D eigenvalue weighted by molar-refractivity contribution is 5.94. The molecule has 5 rings (SSSR count). The second-order valence-corrected chi connectivity index (χ2v) is 7.97. The summed E-state index contributed by atoms with van der Waals surface area (Å²) in [5.74, 6) is 0.654. The van der Waals surface area contributed by atoms with Crippen molar-refractivity contribution in [2.45, 2.75) is 31.9 Å². The van der Waals surface area contributed by atoms with Crippen LogP contribution in [0.3, 0.4) is 0 Å². The molecule has 1 amide bonds. The number of aromatic nitrogens is 4. The Labute approximate surface area is 172 Å². The van der Waals surface area contributed by atoms with Gasteiger partial charge in [-0.05, 0) is 43.4 Å². The third-order valence-electron chi connectivity index (χ3n) is 5.89. The Bertz CT molecular complexity index is 1190. The normalized spacial score (nSPS) is 19.2. The van der Waals surface area contributed by atoms with Crippen LogP contribution < -0.4 is 10.6 Å². The summed E-state index contributed by atoms with van der Waals surface area (Å²) in [6, 6.07) is 5.63. The first-order valence-corrected chi connectivity index (χ1v) is 10.3. The minimum Gasteiger partial charge on any atom is -0.336 e. The number of carbonyl (C=O) groups is 1. The second kappa shape index (κ2) is 7.23. The Balaban J connectivity index is 1.46. The molecule has 0 saturated carbocycles. The lowest BCUT2D eigenvalue weighted by atomic mass is 10.0. The van der Waals surface area contributed by atoms with Gasteiger partial charge in [-0.15, -0.1) is 0 Å². The molecular weight excluding hydrogens is 387 g/mol. The Hall–Kier alpha value is -3.23. The molecule has 1 saturated heterocycles. The van der Waals surface area contributed by atoms with Crippen molar-refractivity contribution in [2.24, 2.45) is 7.05 Å². The highest BCUT2D eigenvalue weighted by atomic mass is 19.1. The van der Waals surface area contributed by atoms with Gasteiger partial charge in [0.1, 0.15) is 12.0 Å². The first kappa shape index (κ1) is 18.8. The number of pyridine rings is 2. The zero-order valence-electron chi connectivity index (χ0n) is 16.8. The van der Waals surface area contributed by atoms with Gasteiger partial charge in [-0.1, -0.05) is 0 Å². The first-order chi connectivity index (χ1) is 14.5. The number of alkyl halides is 1. The number of piperidine rings is 1. The standard InChI is InChI=1S/C21H23FN6O2/c1-25-21(30)28-9-6-17(11-18(28)24-25)27-8-2-4-14-10-15(12-23-19(14)27)20(29)26-7-3-5-16(22)13-26/h6,9-12,16H,2-5,7-8,13H2,1H3/t16-/m1/s1. The van der Waals surface area contributed by atoms with Crippen molar-refractivity contribution in [1.29, 1.82) is 0 Å². The van der Waals surface area contributed by atoms with Crippen LogP contribution in [0.5, 0.6) is 0 Å². The molecule has 3 aromatic rings. The number of halogens is 1. The molecule has 3 aromatic heterocycles. The van der Waals surface area contributed by atoms with Crippen LogP contribution in [0.1, 0.15) is 35.2 Å². The summed E-state index contributed by atoms with van der Waals surface area (Å²) in [4.78, 5) is 33.2. The van der Waals surface area contributed by atoms with Gasteiger partial charge >= 0.3 is 5.69 Å². The van der Waals surface area contributed by atoms with E-state index in [1.165, 1.54) is 9.08 Å². The smallest absolute Gasteiger partial charge is 0.336 e. The van der Waals surface area contributed by atoms with E-state index in [1.54, 1.807) is 24.3 Å². The molecule has 0 N–H and O–H groups in total. The summed E-state index contributed by atoms with van der Waals surface area (Å²) >= 11 is 0. The van der Waals surface area contributed by atoms with Crippen LogP contribution >= 0.6 is 0 Å². The van der Waals surface area contributed by atoms with Crippen LogP contribution in [0.2, 0.25) is 0 Å². The van der Waals surface area contributed by atoms with Crippen molar-refractivity contribution >= 4 is 23.1 Å². The van der Waals surface area contributed by atoms with Crippen molar-refractivity contribution in [2.75, 3.05) is 24.5 Å². The van der Waals surface area contributed by atoms with E-state index >= 15 is 0 Å². The molecule has 0 bridgehead atoms. The zero-order chi connectivity index (χ0) is 20.8. The Morgan fingerprint density at radius 1 is 1.23 bits per heavy atom. The van der Waals surface area contributed by atoms with Gasteiger partial charge in [0, 0.05) is 44.3 Å². The maximum absolute atomic E-state index is 13.7. The van der Waals surface area contributed by atoms with Crippen molar-refractivity contribution < 1.29 is 9.18 Å². The van der Waals surface area contributed by atoms with E-state index in [2.05, 4.69) is 15.0 Å². The predicted octanol–water partition coefficient (Wildman–Crippen LogP) is 2.09. The molecular formula is C21H23FN6O2. The number of rotatable bonds is 2. The number of likely N-dealkylation sites (tertiary alicyclic amines) is 1. The van der Waals surface area contributed by atoms with E-state index < -0.39 is 6.17 Å². The largest absolute Gasteiger partial charge is 0.350 e. The molecule has 9 heteroatoms. The number of anilines is 2. The summed E-state index contributed by atoms with van der Waals surface area (Å²) in [5, 5.41) is 4.26. The number of carbonyl (C=O) groups excluding carboxylic acids is 1. The summed E-state index contributed by atoms with van der Waals surface area (Å²) in [6.45, 7) is 1.54. The summed E-state index contributed by atoms with van der Waals surface area (Å²) in [7, 11) is 1.62. The molecule has 5 heterocycles. The molecule has 1 atom stereocenters. The van der Waals surface area contributed by atoms with Crippen molar-refractivity contribution in [3.05, 3.63) is 52.2 Å². The topological polar surface area (TPSA) is 75.7 Å². The second-order valence-electron chi connectivity index (χ2n) is 7.97. The Morgan fingerprint density at radius 3 is 2.93 bits per heavy atom. The summed E-state index contributed by atoms with van der Waals surface area (Å²) < 4.78 is 16.5. The average Bonchev–Trinajstić information content (AvgIpc) is 3.05. The third-order valence-corrected chi connectivity index (χ3v) is 5.89. The average molecular weight is 410 g/mol. The number of hydrogen-bond donors (Lipinski definition) is 0. The number of fused-ring (bicyclic) bond motifs is 2. The maximum atomic E-state index is 13.7. The minimum atomic E-state index is -0.946. The molecule has 8 nitrogen and oxygen atoms in total. The molecule has 2 aliphatic heterocycles. The van der Waals surface area contributed by atoms with Crippen molar-refractivity contribution in [3.8, 4) is 0 Å². The monoisotopic (exact) mass is 410 g/mol. The lowest BCUT2D eigenvalue weighted by molar-refractivity contribution is 0.0635. The quantitative estimate of drug-likeness (QED) is 0.647. The van der Waals surface area contributed by atoms with Gasteiger partial charge in [-0.3, -0.25) is 9.20 Å². The lowest BCUT2D eigenvalue weighted by Gasteiger charge is -2.31. The number of aryl methyl sites for hydroxylation is 2. The van der Waals surface area contributed by atoms with Crippen LogP contribution in [0.15, 0.2) is 35.4 Å². The molecule has 2 aliphatic rings. The first-order valence-electron chi connectivity index (χ1n) is 10.3. The summed E-state index contributed by atoms with van der Waals surface area (Å²) in [5.41, 5.74) is 2.79. The Morgan fingerprint density at radius 2 is 2.10 bits per heavy atom.